The first kappa shape index (κ1) is 23.2. The molecule has 1 aromatic heterocycles. The van der Waals surface area contributed by atoms with Crippen LogP contribution in [0.3, 0.4) is 0 Å². The van der Waals surface area contributed by atoms with E-state index in [1.807, 2.05) is 24.3 Å². The molecule has 9 heteroatoms. The number of nitrogens with zero attached hydrogens (tertiary/aromatic N) is 2. The number of halogens is 2. The fourth-order valence-corrected chi connectivity index (χ4v) is 5.14. The number of nitrogens with one attached hydrogen (secondary N) is 1. The van der Waals surface area contributed by atoms with Gasteiger partial charge in [-0.3, -0.25) is 14.5 Å². The molecule has 2 amide bonds. The van der Waals surface area contributed by atoms with Crippen molar-refractivity contribution < 1.29 is 14.0 Å². The van der Waals surface area contributed by atoms with Gasteiger partial charge in [0, 0.05) is 15.2 Å². The smallest absolute Gasteiger partial charge is 0.265 e. The van der Waals surface area contributed by atoms with Gasteiger partial charge in [0.15, 0.2) is 0 Å². The fourth-order valence-electron chi connectivity index (χ4n) is 3.36. The second-order valence-electron chi connectivity index (χ2n) is 7.14. The molecule has 6 nitrogen and oxygen atoms in total. The van der Waals surface area contributed by atoms with E-state index in [-0.39, 0.29) is 18.0 Å². The Kier molecular flexibility index (Phi) is 7.23. The summed E-state index contributed by atoms with van der Waals surface area (Å²) in [6.07, 6.45) is 1.92. The van der Waals surface area contributed by atoms with E-state index in [2.05, 4.69) is 21.2 Å². The zero-order valence-electron chi connectivity index (χ0n) is 17.1. The predicted octanol–water partition coefficient (Wildman–Crippen LogP) is 5.44. The van der Waals surface area contributed by atoms with Crippen molar-refractivity contribution in [3.05, 3.63) is 98.3 Å². The van der Waals surface area contributed by atoms with Crippen LogP contribution >= 0.6 is 39.3 Å². The summed E-state index contributed by atoms with van der Waals surface area (Å²) in [6, 6.07) is 19.9. The van der Waals surface area contributed by atoms with E-state index >= 15 is 0 Å². The molecule has 0 spiro atoms. The Balaban J connectivity index is 1.68. The Bertz CT molecular complexity index is 1250. The molecule has 1 aliphatic rings. The third-order valence-corrected chi connectivity index (χ3v) is 6.93. The van der Waals surface area contributed by atoms with Crippen molar-refractivity contribution in [3.63, 3.8) is 0 Å². The quantitative estimate of drug-likeness (QED) is 0.331. The number of nitriles is 1. The lowest BCUT2D eigenvalue weighted by Crippen LogP contribution is -2.32. The van der Waals surface area contributed by atoms with Crippen molar-refractivity contribution in [3.8, 4) is 6.07 Å². The largest absolute Gasteiger partial charge is 0.467 e. The molecule has 2 aromatic carbocycles. The molecular weight excluding hydrogens is 526 g/mol. The van der Waals surface area contributed by atoms with Crippen LogP contribution in [0, 0.1) is 11.3 Å². The van der Waals surface area contributed by atoms with E-state index in [0.717, 1.165) is 10.0 Å². The second-order valence-corrected chi connectivity index (χ2v) is 9.69. The molecule has 0 saturated carbocycles. The Hall–Kier alpha value is -2.99. The molecule has 1 saturated heterocycles. The van der Waals surface area contributed by atoms with Gasteiger partial charge in [0.1, 0.15) is 22.4 Å². The number of thioether (sulfide) groups is 1. The lowest BCUT2D eigenvalue weighted by molar-refractivity contribution is -0.117. The zero-order valence-corrected chi connectivity index (χ0v) is 20.3. The van der Waals surface area contributed by atoms with Crippen molar-refractivity contribution in [1.82, 2.24) is 5.32 Å². The minimum absolute atomic E-state index is 0.128. The van der Waals surface area contributed by atoms with Crippen LogP contribution < -0.4 is 10.2 Å². The van der Waals surface area contributed by atoms with Crippen LogP contribution in [0.4, 0.5) is 5.69 Å². The number of amides is 2. The molecule has 3 aromatic rings. The van der Waals surface area contributed by atoms with E-state index < -0.39 is 11.2 Å². The van der Waals surface area contributed by atoms with E-state index in [9.17, 15) is 14.9 Å². The Morgan fingerprint density at radius 2 is 2.00 bits per heavy atom. The zero-order chi connectivity index (χ0) is 23.4. The molecule has 1 fully saturated rings. The van der Waals surface area contributed by atoms with Gasteiger partial charge in [-0.15, -0.1) is 0 Å². The van der Waals surface area contributed by atoms with Gasteiger partial charge < -0.3 is 9.73 Å². The molecule has 0 radical (unpaired) electrons. The van der Waals surface area contributed by atoms with Crippen LogP contribution in [0.25, 0.3) is 0 Å². The standard InChI is InChI=1S/C24H17BrClN3O3S/c25-16-6-8-18(9-7-16)29-23(31)21(12-15-3-1-4-17(26)11-15)33-24(29)20(13-27)22(30)28-14-19-5-2-10-32-19/h1-11,21H,12,14H2,(H,28,30)/b24-20-. The highest BCUT2D eigenvalue weighted by atomic mass is 79.9. The lowest BCUT2D eigenvalue weighted by atomic mass is 10.1. The Labute approximate surface area is 208 Å². The summed E-state index contributed by atoms with van der Waals surface area (Å²) in [4.78, 5) is 27.8. The predicted molar refractivity (Wildman–Crippen MR) is 131 cm³/mol. The summed E-state index contributed by atoms with van der Waals surface area (Å²) in [7, 11) is 0. The highest BCUT2D eigenvalue weighted by molar-refractivity contribution is 9.10. The number of hydrogen-bond acceptors (Lipinski definition) is 5. The summed E-state index contributed by atoms with van der Waals surface area (Å²) >= 11 is 10.7. The normalized spacial score (nSPS) is 17.1. The summed E-state index contributed by atoms with van der Waals surface area (Å²) < 4.78 is 6.09. The number of hydrogen-bond donors (Lipinski definition) is 1. The maximum Gasteiger partial charge on any atom is 0.265 e. The summed E-state index contributed by atoms with van der Waals surface area (Å²) in [5.41, 5.74) is 1.34. The molecular formula is C24H17BrClN3O3S. The van der Waals surface area contributed by atoms with E-state index in [1.165, 1.54) is 22.9 Å². The van der Waals surface area contributed by atoms with Crippen LogP contribution in [-0.2, 0) is 22.6 Å². The molecule has 1 N–H and O–H groups in total. The van der Waals surface area contributed by atoms with Gasteiger partial charge >= 0.3 is 0 Å². The first-order valence-electron chi connectivity index (χ1n) is 9.92. The monoisotopic (exact) mass is 541 g/mol. The number of furan rings is 1. The highest BCUT2D eigenvalue weighted by Gasteiger charge is 2.40. The Morgan fingerprint density at radius 3 is 2.67 bits per heavy atom. The van der Waals surface area contributed by atoms with Gasteiger partial charge in [0.05, 0.1) is 18.1 Å². The lowest BCUT2D eigenvalue weighted by Gasteiger charge is -2.18. The molecule has 0 bridgehead atoms. The fraction of sp³-hybridized carbons (Fsp3) is 0.125. The summed E-state index contributed by atoms with van der Waals surface area (Å²) in [5, 5.41) is 12.9. The van der Waals surface area contributed by atoms with E-state index in [1.54, 1.807) is 42.5 Å². The van der Waals surface area contributed by atoms with Crippen LogP contribution in [0.5, 0.6) is 0 Å². The average molecular weight is 543 g/mol. The summed E-state index contributed by atoms with van der Waals surface area (Å²) in [6.45, 7) is 0.132. The SMILES string of the molecule is N#C/C(C(=O)NCc1ccco1)=C1/SC(Cc2cccc(Cl)c2)C(=O)N1c1ccc(Br)cc1. The number of carbonyl (C=O) groups excluding carboxylic acids is 2. The highest BCUT2D eigenvalue weighted by Crippen LogP contribution is 2.42. The van der Waals surface area contributed by atoms with E-state index in [4.69, 9.17) is 16.0 Å². The van der Waals surface area contributed by atoms with Crippen LogP contribution in [0.15, 0.2) is 86.4 Å². The van der Waals surface area contributed by atoms with Gasteiger partial charge in [-0.05, 0) is 60.5 Å². The van der Waals surface area contributed by atoms with Crippen molar-refractivity contribution >= 4 is 56.8 Å². The first-order valence-corrected chi connectivity index (χ1v) is 12.0. The van der Waals surface area contributed by atoms with Crippen LogP contribution in [0.2, 0.25) is 5.02 Å². The minimum Gasteiger partial charge on any atom is -0.467 e. The molecule has 1 atom stereocenters. The van der Waals surface area contributed by atoms with Gasteiger partial charge in [0.2, 0.25) is 5.91 Å². The van der Waals surface area contributed by atoms with Crippen molar-refractivity contribution in [2.45, 2.75) is 18.2 Å². The molecule has 2 heterocycles. The molecule has 166 valence electrons. The molecule has 0 aliphatic carbocycles. The minimum atomic E-state index is -0.574. The molecule has 1 unspecified atom stereocenters. The third kappa shape index (κ3) is 5.33. The average Bonchev–Trinajstić information content (AvgIpc) is 3.42. The maximum absolute atomic E-state index is 13.4. The molecule has 1 aliphatic heterocycles. The first-order chi connectivity index (χ1) is 16.0. The number of benzene rings is 2. The third-order valence-electron chi connectivity index (χ3n) is 4.90. The maximum atomic E-state index is 13.4. The topological polar surface area (TPSA) is 86.3 Å². The van der Waals surface area contributed by atoms with Gasteiger partial charge in [-0.2, -0.15) is 5.26 Å². The van der Waals surface area contributed by atoms with Crippen molar-refractivity contribution in [2.75, 3.05) is 4.90 Å². The number of carbonyl (C=O) groups is 2. The van der Waals surface area contributed by atoms with Gasteiger partial charge in [0.25, 0.3) is 5.91 Å². The van der Waals surface area contributed by atoms with Crippen LogP contribution in [-0.4, -0.2) is 17.1 Å². The summed E-state index contributed by atoms with van der Waals surface area (Å²) in [5.74, 6) is -0.219. The van der Waals surface area contributed by atoms with Crippen molar-refractivity contribution in [2.24, 2.45) is 0 Å². The van der Waals surface area contributed by atoms with Gasteiger partial charge in [-0.25, -0.2) is 0 Å². The second kappa shape index (κ2) is 10.3. The van der Waals surface area contributed by atoms with E-state index in [0.29, 0.717) is 27.9 Å². The number of rotatable bonds is 6. The number of anilines is 1. The van der Waals surface area contributed by atoms with Crippen LogP contribution in [0.1, 0.15) is 11.3 Å². The Morgan fingerprint density at radius 1 is 1.21 bits per heavy atom. The van der Waals surface area contributed by atoms with Crippen molar-refractivity contribution in [1.29, 1.82) is 5.26 Å². The molecule has 33 heavy (non-hydrogen) atoms. The molecule has 4 rings (SSSR count). The van der Waals surface area contributed by atoms with Gasteiger partial charge in [-0.1, -0.05) is 51.4 Å².